The minimum atomic E-state index is -3.82. The molecule has 1 aromatic carbocycles. The average Bonchev–Trinajstić information content (AvgIpc) is 2.94. The van der Waals surface area contributed by atoms with Gasteiger partial charge < -0.3 is 5.32 Å². The van der Waals surface area contributed by atoms with Crippen molar-refractivity contribution in [3.05, 3.63) is 44.6 Å². The van der Waals surface area contributed by atoms with Gasteiger partial charge in [0, 0.05) is 10.6 Å². The Bertz CT molecular complexity index is 891. The lowest BCUT2D eigenvalue weighted by molar-refractivity contribution is 0.103. The monoisotopic (exact) mass is 364 g/mol. The number of hydrogen-bond donors (Lipinski definition) is 2. The van der Waals surface area contributed by atoms with E-state index in [-0.39, 0.29) is 10.8 Å². The van der Waals surface area contributed by atoms with Gasteiger partial charge in [-0.15, -0.1) is 11.3 Å². The number of primary sulfonamides is 1. The first-order chi connectivity index (χ1) is 11.3. The molecule has 0 saturated heterocycles. The van der Waals surface area contributed by atoms with Gasteiger partial charge >= 0.3 is 0 Å². The van der Waals surface area contributed by atoms with Crippen LogP contribution in [0.25, 0.3) is 0 Å². The first kappa shape index (κ1) is 17.1. The molecule has 1 aliphatic carbocycles. The molecular formula is C17H20N2O3S2. The van der Waals surface area contributed by atoms with Crippen LogP contribution < -0.4 is 10.5 Å². The summed E-state index contributed by atoms with van der Waals surface area (Å²) in [6.07, 6.45) is 4.40. The lowest BCUT2D eigenvalue weighted by Crippen LogP contribution is -2.16. The zero-order valence-electron chi connectivity index (χ0n) is 13.7. The molecule has 1 aromatic heterocycles. The molecule has 5 nitrogen and oxygen atoms in total. The number of carbonyl (C=O) groups excluding carboxylic acids is 1. The second-order valence-electron chi connectivity index (χ2n) is 6.18. The Hall–Kier alpha value is -1.70. The fourth-order valence-corrected chi connectivity index (χ4v) is 4.68. The van der Waals surface area contributed by atoms with E-state index < -0.39 is 10.0 Å². The Morgan fingerprint density at radius 3 is 2.54 bits per heavy atom. The molecule has 128 valence electrons. The summed E-state index contributed by atoms with van der Waals surface area (Å²) >= 11 is 1.53. The van der Waals surface area contributed by atoms with Crippen molar-refractivity contribution in [1.29, 1.82) is 0 Å². The Morgan fingerprint density at radius 1 is 1.17 bits per heavy atom. The third-order valence-electron chi connectivity index (χ3n) is 4.44. The lowest BCUT2D eigenvalue weighted by atomic mass is 9.99. The van der Waals surface area contributed by atoms with E-state index in [4.69, 9.17) is 5.14 Å². The van der Waals surface area contributed by atoms with E-state index >= 15 is 0 Å². The number of nitrogens with one attached hydrogen (secondary N) is 1. The molecule has 7 heteroatoms. The number of anilines is 1. The number of nitrogens with two attached hydrogens (primary N) is 1. The van der Waals surface area contributed by atoms with Gasteiger partial charge in [0.1, 0.15) is 0 Å². The highest BCUT2D eigenvalue weighted by atomic mass is 32.2. The summed E-state index contributed by atoms with van der Waals surface area (Å²) in [7, 11) is -3.82. The highest BCUT2D eigenvalue weighted by Gasteiger charge is 2.19. The van der Waals surface area contributed by atoms with Gasteiger partial charge in [-0.3, -0.25) is 4.79 Å². The van der Waals surface area contributed by atoms with Gasteiger partial charge in [0.25, 0.3) is 5.91 Å². The number of aryl methyl sites for hydroxylation is 3. The number of sulfonamides is 1. The highest BCUT2D eigenvalue weighted by molar-refractivity contribution is 7.89. The van der Waals surface area contributed by atoms with Crippen LogP contribution in [0.5, 0.6) is 0 Å². The van der Waals surface area contributed by atoms with Gasteiger partial charge in [0.15, 0.2) is 0 Å². The number of thiophene rings is 1. The van der Waals surface area contributed by atoms with Crippen molar-refractivity contribution in [2.45, 2.75) is 44.4 Å². The fourth-order valence-electron chi connectivity index (χ4n) is 2.91. The molecule has 3 N–H and O–H groups in total. The number of carbonyl (C=O) groups is 1. The summed E-state index contributed by atoms with van der Waals surface area (Å²) in [4.78, 5) is 14.5. The van der Waals surface area contributed by atoms with Crippen molar-refractivity contribution in [3.8, 4) is 0 Å². The zero-order chi connectivity index (χ0) is 17.5. The largest absolute Gasteiger partial charge is 0.321 e. The third-order valence-corrected chi connectivity index (χ3v) is 6.57. The minimum absolute atomic E-state index is 0.00590. The van der Waals surface area contributed by atoms with Crippen LogP contribution in [0.15, 0.2) is 23.1 Å². The van der Waals surface area contributed by atoms with Gasteiger partial charge in [-0.2, -0.15) is 0 Å². The van der Waals surface area contributed by atoms with E-state index in [2.05, 4.69) is 5.32 Å². The topological polar surface area (TPSA) is 89.3 Å². The van der Waals surface area contributed by atoms with Gasteiger partial charge in [-0.05, 0) is 74.4 Å². The molecule has 0 fully saturated rings. The summed E-state index contributed by atoms with van der Waals surface area (Å²) in [5.41, 5.74) is 3.34. The van der Waals surface area contributed by atoms with Crippen molar-refractivity contribution in [2.24, 2.45) is 5.14 Å². The van der Waals surface area contributed by atoms with Crippen LogP contribution in [0, 0.1) is 13.8 Å². The molecule has 1 heterocycles. The second-order valence-corrected chi connectivity index (χ2v) is 8.88. The molecule has 0 aliphatic heterocycles. The predicted octanol–water partition coefficient (Wildman–Crippen LogP) is 3.14. The molecule has 0 unspecified atom stereocenters. The maximum atomic E-state index is 12.6. The van der Waals surface area contributed by atoms with Crippen molar-refractivity contribution < 1.29 is 13.2 Å². The van der Waals surface area contributed by atoms with Crippen molar-refractivity contribution >= 4 is 33.0 Å². The third kappa shape index (κ3) is 3.38. The summed E-state index contributed by atoms with van der Waals surface area (Å²) in [6, 6.07) is 4.90. The standard InChI is InChI=1S/C17H20N2O3S2/c1-10-7-13(24(18,21)22)9-14(11(10)2)19-17(20)16-8-12-5-3-4-6-15(12)23-16/h7-9H,3-6H2,1-2H3,(H,19,20)(H2,18,21,22). The summed E-state index contributed by atoms with van der Waals surface area (Å²) in [5, 5.41) is 8.05. The molecule has 0 radical (unpaired) electrons. The minimum Gasteiger partial charge on any atom is -0.321 e. The van der Waals surface area contributed by atoms with Crippen LogP contribution in [0.2, 0.25) is 0 Å². The number of hydrogen-bond acceptors (Lipinski definition) is 4. The maximum absolute atomic E-state index is 12.6. The molecule has 0 atom stereocenters. The maximum Gasteiger partial charge on any atom is 0.265 e. The lowest BCUT2D eigenvalue weighted by Gasteiger charge is -2.12. The van der Waals surface area contributed by atoms with Crippen molar-refractivity contribution in [1.82, 2.24) is 0 Å². The van der Waals surface area contributed by atoms with Gasteiger partial charge in [-0.1, -0.05) is 0 Å². The Labute approximate surface area is 145 Å². The second kappa shape index (κ2) is 6.31. The molecule has 0 saturated carbocycles. The average molecular weight is 364 g/mol. The molecular weight excluding hydrogens is 344 g/mol. The Kier molecular flexibility index (Phi) is 4.50. The molecule has 0 bridgehead atoms. The molecule has 3 rings (SSSR count). The summed E-state index contributed by atoms with van der Waals surface area (Å²) in [6.45, 7) is 3.64. The van der Waals surface area contributed by atoms with Crippen LogP contribution >= 0.6 is 11.3 Å². The number of benzene rings is 1. The SMILES string of the molecule is Cc1cc(S(N)(=O)=O)cc(NC(=O)c2cc3c(s2)CCCC3)c1C. The van der Waals surface area contributed by atoms with Crippen LogP contribution in [0.4, 0.5) is 5.69 Å². The van der Waals surface area contributed by atoms with Gasteiger partial charge in [0.05, 0.1) is 9.77 Å². The van der Waals surface area contributed by atoms with Crippen LogP contribution in [-0.2, 0) is 22.9 Å². The summed E-state index contributed by atoms with van der Waals surface area (Å²) < 4.78 is 23.2. The van der Waals surface area contributed by atoms with Crippen molar-refractivity contribution in [2.75, 3.05) is 5.32 Å². The van der Waals surface area contributed by atoms with Crippen LogP contribution in [-0.4, -0.2) is 14.3 Å². The highest BCUT2D eigenvalue weighted by Crippen LogP contribution is 2.31. The Morgan fingerprint density at radius 2 is 1.88 bits per heavy atom. The normalized spacial score (nSPS) is 14.3. The van der Waals surface area contributed by atoms with Gasteiger partial charge in [0.2, 0.25) is 10.0 Å². The number of rotatable bonds is 3. The van der Waals surface area contributed by atoms with E-state index in [0.29, 0.717) is 10.6 Å². The number of fused-ring (bicyclic) bond motifs is 1. The summed E-state index contributed by atoms with van der Waals surface area (Å²) in [5.74, 6) is -0.205. The van der Waals surface area contributed by atoms with E-state index in [1.165, 1.54) is 46.8 Å². The number of amides is 1. The molecule has 2 aromatic rings. The Balaban J connectivity index is 1.91. The van der Waals surface area contributed by atoms with Gasteiger partial charge in [-0.25, -0.2) is 13.6 Å². The first-order valence-electron chi connectivity index (χ1n) is 7.82. The predicted molar refractivity (Wildman–Crippen MR) is 96.2 cm³/mol. The fraction of sp³-hybridized carbons (Fsp3) is 0.353. The van der Waals surface area contributed by atoms with Crippen molar-refractivity contribution in [3.63, 3.8) is 0 Å². The van der Waals surface area contributed by atoms with Crippen LogP contribution in [0.3, 0.4) is 0 Å². The van der Waals surface area contributed by atoms with Crippen LogP contribution in [0.1, 0.15) is 44.1 Å². The first-order valence-corrected chi connectivity index (χ1v) is 10.2. The van der Waals surface area contributed by atoms with E-state index in [9.17, 15) is 13.2 Å². The van der Waals surface area contributed by atoms with E-state index in [1.807, 2.05) is 13.0 Å². The smallest absolute Gasteiger partial charge is 0.265 e. The molecule has 1 amide bonds. The zero-order valence-corrected chi connectivity index (χ0v) is 15.3. The van der Waals surface area contributed by atoms with E-state index in [0.717, 1.165) is 24.0 Å². The molecule has 24 heavy (non-hydrogen) atoms. The quantitative estimate of drug-likeness (QED) is 0.877. The van der Waals surface area contributed by atoms with E-state index in [1.54, 1.807) is 6.92 Å². The molecule has 0 spiro atoms. The molecule has 1 aliphatic rings.